The van der Waals surface area contributed by atoms with E-state index >= 15 is 0 Å². The topological polar surface area (TPSA) is 111 Å². The molecule has 0 saturated heterocycles. The maximum atomic E-state index is 9.36. The van der Waals surface area contributed by atoms with Crippen molar-refractivity contribution < 1.29 is 15.3 Å². The molecular weight excluding hydrogens is 184 g/mol. The van der Waals surface area contributed by atoms with Crippen molar-refractivity contribution in [3.05, 3.63) is 17.7 Å². The van der Waals surface area contributed by atoms with Crippen molar-refractivity contribution in [1.82, 2.24) is 0 Å². The van der Waals surface area contributed by atoms with Crippen LogP contribution in [0.1, 0.15) is 18.0 Å². The van der Waals surface area contributed by atoms with Gasteiger partial charge in [0.05, 0.1) is 24.1 Å². The number of hydrogen-bond donors (Lipinski definition) is 4. The lowest BCUT2D eigenvalue weighted by atomic mass is 10.0. The van der Waals surface area contributed by atoms with Crippen molar-refractivity contribution >= 4 is 0 Å². The Morgan fingerprint density at radius 1 is 1.29 bits per heavy atom. The van der Waals surface area contributed by atoms with Crippen LogP contribution in [-0.2, 0) is 0 Å². The van der Waals surface area contributed by atoms with Gasteiger partial charge in [-0.15, -0.1) is 0 Å². The molecule has 5 nitrogen and oxygen atoms in total. The zero-order chi connectivity index (χ0) is 10.7. The highest BCUT2D eigenvalue weighted by molar-refractivity contribution is 5.50. The van der Waals surface area contributed by atoms with Crippen LogP contribution in [0.5, 0.6) is 17.2 Å². The predicted molar refractivity (Wildman–Crippen MR) is 48.6 cm³/mol. The number of nitrogens with zero attached hydrogens (tertiary/aromatic N) is 1. The quantitative estimate of drug-likeness (QED) is 0.554. The van der Waals surface area contributed by atoms with Gasteiger partial charge in [0.25, 0.3) is 0 Å². The van der Waals surface area contributed by atoms with E-state index in [4.69, 9.17) is 16.1 Å². The average molecular weight is 194 g/mol. The van der Waals surface area contributed by atoms with Gasteiger partial charge in [-0.1, -0.05) is 0 Å². The monoisotopic (exact) mass is 194 g/mol. The number of nitrogens with two attached hydrogens (primary N) is 1. The molecule has 1 rings (SSSR count). The van der Waals surface area contributed by atoms with Crippen LogP contribution < -0.4 is 5.73 Å². The van der Waals surface area contributed by atoms with Crippen LogP contribution in [0.15, 0.2) is 12.1 Å². The molecule has 0 aliphatic heterocycles. The Kier molecular flexibility index (Phi) is 2.79. The van der Waals surface area contributed by atoms with Crippen LogP contribution in [0.25, 0.3) is 0 Å². The molecule has 0 spiro atoms. The Morgan fingerprint density at radius 3 is 2.21 bits per heavy atom. The first-order valence-corrected chi connectivity index (χ1v) is 3.93. The molecule has 1 atom stereocenters. The maximum Gasteiger partial charge on any atom is 0.127 e. The van der Waals surface area contributed by atoms with Gasteiger partial charge in [-0.2, -0.15) is 5.26 Å². The van der Waals surface area contributed by atoms with Gasteiger partial charge in [-0.25, -0.2) is 0 Å². The van der Waals surface area contributed by atoms with Crippen molar-refractivity contribution in [3.63, 3.8) is 0 Å². The van der Waals surface area contributed by atoms with Crippen molar-refractivity contribution in [3.8, 4) is 23.3 Å². The summed E-state index contributed by atoms with van der Waals surface area (Å²) in [6, 6.07) is 3.19. The first-order chi connectivity index (χ1) is 6.56. The molecule has 1 aromatic rings. The van der Waals surface area contributed by atoms with Crippen LogP contribution in [0.3, 0.4) is 0 Å². The number of rotatable bonds is 2. The SMILES string of the molecule is N#CCC(N)c1c(O)cc(O)cc1O. The highest BCUT2D eigenvalue weighted by Crippen LogP contribution is 2.36. The van der Waals surface area contributed by atoms with E-state index in [0.717, 1.165) is 12.1 Å². The molecule has 0 aliphatic rings. The molecule has 0 fully saturated rings. The van der Waals surface area contributed by atoms with Crippen LogP contribution in [0.4, 0.5) is 0 Å². The second-order valence-corrected chi connectivity index (χ2v) is 2.87. The molecule has 0 radical (unpaired) electrons. The van der Waals surface area contributed by atoms with E-state index in [1.54, 1.807) is 0 Å². The van der Waals surface area contributed by atoms with Gasteiger partial charge < -0.3 is 21.1 Å². The Morgan fingerprint density at radius 2 is 1.79 bits per heavy atom. The molecule has 5 N–H and O–H groups in total. The lowest BCUT2D eigenvalue weighted by Crippen LogP contribution is -2.09. The van der Waals surface area contributed by atoms with Gasteiger partial charge in [0.15, 0.2) is 0 Å². The number of benzene rings is 1. The van der Waals surface area contributed by atoms with Crippen molar-refractivity contribution in [2.24, 2.45) is 5.73 Å². The Bertz CT molecular complexity index is 361. The Hall–Kier alpha value is -1.93. The molecule has 14 heavy (non-hydrogen) atoms. The molecule has 0 bridgehead atoms. The first kappa shape index (κ1) is 10.2. The number of phenolic OH excluding ortho intramolecular Hbond substituents is 3. The van der Waals surface area contributed by atoms with Crippen molar-refractivity contribution in [1.29, 1.82) is 5.26 Å². The molecule has 1 unspecified atom stereocenters. The number of phenols is 3. The van der Waals surface area contributed by atoms with Gasteiger partial charge in [0.1, 0.15) is 17.2 Å². The number of hydrogen-bond acceptors (Lipinski definition) is 5. The van der Waals surface area contributed by atoms with E-state index in [0.29, 0.717) is 0 Å². The standard InChI is InChI=1S/C9H10N2O3/c10-2-1-6(11)9-7(13)3-5(12)4-8(9)14/h3-4,6,12-14H,1,11H2. The summed E-state index contributed by atoms with van der Waals surface area (Å²) >= 11 is 0. The minimum absolute atomic E-state index is 0.0219. The molecule has 0 amide bonds. The van der Waals surface area contributed by atoms with E-state index in [1.165, 1.54) is 0 Å². The second kappa shape index (κ2) is 3.85. The first-order valence-electron chi connectivity index (χ1n) is 3.93. The van der Waals surface area contributed by atoms with Gasteiger partial charge >= 0.3 is 0 Å². The number of nitriles is 1. The Labute approximate surface area is 80.6 Å². The van der Waals surface area contributed by atoms with Crippen molar-refractivity contribution in [2.75, 3.05) is 0 Å². The van der Waals surface area contributed by atoms with E-state index in [1.807, 2.05) is 6.07 Å². The third kappa shape index (κ3) is 1.87. The lowest BCUT2D eigenvalue weighted by Gasteiger charge is -2.12. The molecule has 5 heteroatoms. The largest absolute Gasteiger partial charge is 0.508 e. The van der Waals surface area contributed by atoms with Crippen LogP contribution in [0.2, 0.25) is 0 Å². The molecule has 0 saturated carbocycles. The van der Waals surface area contributed by atoms with Crippen LogP contribution >= 0.6 is 0 Å². The zero-order valence-electron chi connectivity index (χ0n) is 7.31. The van der Waals surface area contributed by atoms with Gasteiger partial charge in [0, 0.05) is 12.1 Å². The Balaban J connectivity index is 3.15. The summed E-state index contributed by atoms with van der Waals surface area (Å²) in [6.07, 6.45) is -0.0219. The summed E-state index contributed by atoms with van der Waals surface area (Å²) in [5.74, 6) is -0.886. The molecule has 0 heterocycles. The highest BCUT2D eigenvalue weighted by atomic mass is 16.3. The third-order valence-corrected chi connectivity index (χ3v) is 1.80. The van der Waals surface area contributed by atoms with E-state index in [9.17, 15) is 10.2 Å². The minimum atomic E-state index is -0.763. The summed E-state index contributed by atoms with van der Waals surface area (Å²) in [7, 11) is 0. The predicted octanol–water partition coefficient (Wildman–Crippen LogP) is 0.717. The van der Waals surface area contributed by atoms with E-state index in [2.05, 4.69) is 0 Å². The highest BCUT2D eigenvalue weighted by Gasteiger charge is 2.16. The fourth-order valence-electron chi connectivity index (χ4n) is 1.19. The van der Waals surface area contributed by atoms with Crippen LogP contribution in [0, 0.1) is 11.3 Å². The third-order valence-electron chi connectivity index (χ3n) is 1.80. The summed E-state index contributed by atoms with van der Waals surface area (Å²) in [4.78, 5) is 0. The normalized spacial score (nSPS) is 12.0. The van der Waals surface area contributed by atoms with E-state index < -0.39 is 6.04 Å². The van der Waals surface area contributed by atoms with E-state index in [-0.39, 0.29) is 29.2 Å². The fraction of sp³-hybridized carbons (Fsp3) is 0.222. The lowest BCUT2D eigenvalue weighted by molar-refractivity contribution is 0.412. The zero-order valence-corrected chi connectivity index (χ0v) is 7.31. The molecule has 0 aliphatic carbocycles. The minimum Gasteiger partial charge on any atom is -0.508 e. The maximum absolute atomic E-state index is 9.36. The van der Waals surface area contributed by atoms with Crippen LogP contribution in [-0.4, -0.2) is 15.3 Å². The van der Waals surface area contributed by atoms with Gasteiger partial charge in [-0.05, 0) is 0 Å². The summed E-state index contributed by atoms with van der Waals surface area (Å²) in [6.45, 7) is 0. The molecule has 0 aromatic heterocycles. The van der Waals surface area contributed by atoms with Gasteiger partial charge in [0.2, 0.25) is 0 Å². The second-order valence-electron chi connectivity index (χ2n) is 2.87. The number of aromatic hydroxyl groups is 3. The smallest absolute Gasteiger partial charge is 0.127 e. The van der Waals surface area contributed by atoms with Crippen molar-refractivity contribution in [2.45, 2.75) is 12.5 Å². The molecule has 74 valence electrons. The summed E-state index contributed by atoms with van der Waals surface area (Å²) < 4.78 is 0. The average Bonchev–Trinajstić information content (AvgIpc) is 2.01. The summed E-state index contributed by atoms with van der Waals surface area (Å²) in [5.41, 5.74) is 5.61. The summed E-state index contributed by atoms with van der Waals surface area (Å²) in [5, 5.41) is 36.1. The fourth-order valence-corrected chi connectivity index (χ4v) is 1.19. The van der Waals surface area contributed by atoms with Gasteiger partial charge in [-0.3, -0.25) is 0 Å². The molecule has 1 aromatic carbocycles. The molecular formula is C9H10N2O3.